The molecule has 2 aliphatic heterocycles. The van der Waals surface area contributed by atoms with E-state index in [0.29, 0.717) is 40.7 Å². The maximum absolute atomic E-state index is 10.1. The molecule has 10 heteroatoms. The van der Waals surface area contributed by atoms with Gasteiger partial charge in [-0.3, -0.25) is 4.90 Å². The van der Waals surface area contributed by atoms with Crippen LogP contribution in [-0.2, 0) is 18.3 Å². The molecule has 0 amide bonds. The van der Waals surface area contributed by atoms with Gasteiger partial charge in [-0.2, -0.15) is 10.2 Å². The number of nitrogens with two attached hydrogens (primary N) is 1. The molecule has 0 radical (unpaired) electrons. The van der Waals surface area contributed by atoms with Crippen LogP contribution in [0.4, 0.5) is 11.5 Å². The topological polar surface area (TPSA) is 121 Å². The maximum atomic E-state index is 10.1. The minimum atomic E-state index is -0.402. The molecule has 2 aromatic heterocycles. The lowest BCUT2D eigenvalue weighted by Gasteiger charge is -2.33. The standard InChI is InChI=1S/C33H42N8O2/c1-20(26-8-6-15-40(26)4)42-28-17-27(41-16-12-22(19-41)39(2)3)36-32(37-28)30-23-7-5-13-33(31(23)43-38-30)14-11-21-9-10-25(35)24(18-34)29(21)33/h9-10,17,20,22,26H,5-8,11-16,19,35H2,1-4H3/t20-,22?,26-,33-/m0/s1. The summed E-state index contributed by atoms with van der Waals surface area (Å²) in [5, 5.41) is 14.7. The van der Waals surface area contributed by atoms with Crippen molar-refractivity contribution in [2.45, 2.75) is 81.9 Å². The zero-order valence-corrected chi connectivity index (χ0v) is 25.8. The summed E-state index contributed by atoms with van der Waals surface area (Å²) < 4.78 is 12.8. The van der Waals surface area contributed by atoms with Crippen molar-refractivity contribution in [1.29, 1.82) is 5.26 Å². The molecule has 43 heavy (non-hydrogen) atoms. The van der Waals surface area contributed by atoms with Crippen LogP contribution >= 0.6 is 0 Å². The number of aromatic nitrogens is 3. The van der Waals surface area contributed by atoms with E-state index in [-0.39, 0.29) is 6.10 Å². The summed E-state index contributed by atoms with van der Waals surface area (Å²) in [6, 6.07) is 9.15. The number of nitrogens with zero attached hydrogens (tertiary/aromatic N) is 7. The summed E-state index contributed by atoms with van der Waals surface area (Å²) in [4.78, 5) is 17.1. The number of likely N-dealkylation sites (tertiary alicyclic amines) is 1. The van der Waals surface area contributed by atoms with Crippen molar-refractivity contribution in [3.63, 3.8) is 0 Å². The minimum Gasteiger partial charge on any atom is -0.473 e. The van der Waals surface area contributed by atoms with E-state index in [4.69, 9.17) is 25.0 Å². The predicted octanol–water partition coefficient (Wildman–Crippen LogP) is 4.16. The number of rotatable bonds is 6. The molecule has 2 fully saturated rings. The molecule has 3 aromatic rings. The van der Waals surface area contributed by atoms with Crippen molar-refractivity contribution < 1.29 is 9.26 Å². The van der Waals surface area contributed by atoms with E-state index in [9.17, 15) is 5.26 Å². The normalized spacial score (nSPS) is 25.7. The lowest BCUT2D eigenvalue weighted by molar-refractivity contribution is 0.117. The smallest absolute Gasteiger partial charge is 0.219 e. The van der Waals surface area contributed by atoms with Crippen LogP contribution in [0.5, 0.6) is 5.88 Å². The molecular formula is C33H42N8O2. The van der Waals surface area contributed by atoms with Crippen molar-refractivity contribution in [2.24, 2.45) is 0 Å². The minimum absolute atomic E-state index is 0.00412. The number of ether oxygens (including phenoxy) is 1. The molecule has 4 atom stereocenters. The van der Waals surface area contributed by atoms with Gasteiger partial charge in [0, 0.05) is 42.5 Å². The van der Waals surface area contributed by atoms with Crippen LogP contribution in [-0.4, -0.2) is 83.9 Å². The number of aryl methyl sites for hydroxylation is 1. The Morgan fingerprint density at radius 3 is 2.77 bits per heavy atom. The molecule has 2 saturated heterocycles. The number of benzene rings is 1. The summed E-state index contributed by atoms with van der Waals surface area (Å²) in [6.07, 6.45) is 7.84. The first kappa shape index (κ1) is 28.1. The highest BCUT2D eigenvalue weighted by Crippen LogP contribution is 2.54. The van der Waals surface area contributed by atoms with E-state index in [1.54, 1.807) is 0 Å². The molecule has 0 bridgehead atoms. The Morgan fingerprint density at radius 2 is 2.02 bits per heavy atom. The third-order valence-electron chi connectivity index (χ3n) is 10.5. The van der Waals surface area contributed by atoms with Crippen molar-refractivity contribution >= 4 is 11.5 Å². The largest absolute Gasteiger partial charge is 0.473 e. The predicted molar refractivity (Wildman–Crippen MR) is 165 cm³/mol. The first-order chi connectivity index (χ1) is 20.8. The Hall–Kier alpha value is -3.68. The van der Waals surface area contributed by atoms with Gasteiger partial charge in [-0.1, -0.05) is 11.2 Å². The molecule has 226 valence electrons. The Labute approximate surface area is 253 Å². The van der Waals surface area contributed by atoms with Gasteiger partial charge in [0.2, 0.25) is 5.88 Å². The number of nitrogen functional groups attached to an aromatic ring is 1. The fraction of sp³-hybridized carbons (Fsp3) is 0.576. The number of likely N-dealkylation sites (N-methyl/N-ethyl adjacent to an activating group) is 2. The van der Waals surface area contributed by atoms with Gasteiger partial charge in [0.25, 0.3) is 0 Å². The van der Waals surface area contributed by atoms with E-state index in [2.05, 4.69) is 60.1 Å². The zero-order valence-electron chi connectivity index (χ0n) is 25.8. The monoisotopic (exact) mass is 582 g/mol. The number of hydrogen-bond donors (Lipinski definition) is 1. The SMILES string of the molecule is C[C@H](Oc1cc(N2CCC(N(C)C)C2)nc(-c2noc3c2CCC[C@@]32CCc3ccc(N)c(C#N)c32)n1)[C@@H]1CCCN1C. The van der Waals surface area contributed by atoms with Gasteiger partial charge in [-0.15, -0.1) is 0 Å². The average Bonchev–Trinajstić information content (AvgIpc) is 3.80. The summed E-state index contributed by atoms with van der Waals surface area (Å²) in [7, 11) is 6.44. The van der Waals surface area contributed by atoms with Crippen molar-refractivity contribution in [3.05, 3.63) is 46.2 Å². The van der Waals surface area contributed by atoms with Crippen LogP contribution in [0.2, 0.25) is 0 Å². The van der Waals surface area contributed by atoms with E-state index >= 15 is 0 Å². The molecule has 1 aromatic carbocycles. The Bertz CT molecular complexity index is 1580. The van der Waals surface area contributed by atoms with Gasteiger partial charge in [-0.25, -0.2) is 4.98 Å². The van der Waals surface area contributed by atoms with Crippen molar-refractivity contribution in [3.8, 4) is 23.5 Å². The van der Waals surface area contributed by atoms with E-state index in [0.717, 1.165) is 87.3 Å². The molecule has 2 N–H and O–H groups in total. The van der Waals surface area contributed by atoms with Crippen LogP contribution in [0.25, 0.3) is 11.5 Å². The van der Waals surface area contributed by atoms with Gasteiger partial charge < -0.3 is 24.8 Å². The first-order valence-electron chi connectivity index (χ1n) is 15.8. The lowest BCUT2D eigenvalue weighted by atomic mass is 9.68. The average molecular weight is 583 g/mol. The van der Waals surface area contributed by atoms with Gasteiger partial charge >= 0.3 is 0 Å². The van der Waals surface area contributed by atoms with E-state index < -0.39 is 5.41 Å². The Balaban J connectivity index is 1.30. The van der Waals surface area contributed by atoms with Crippen LogP contribution in [0.1, 0.15) is 73.5 Å². The van der Waals surface area contributed by atoms with Gasteiger partial charge in [-0.05, 0) is 103 Å². The maximum Gasteiger partial charge on any atom is 0.219 e. The second-order valence-electron chi connectivity index (χ2n) is 13.2. The van der Waals surface area contributed by atoms with E-state index in [1.807, 2.05) is 12.1 Å². The Morgan fingerprint density at radius 1 is 1.16 bits per heavy atom. The van der Waals surface area contributed by atoms with Gasteiger partial charge in [0.05, 0.1) is 11.0 Å². The lowest BCUT2D eigenvalue weighted by Crippen LogP contribution is -2.38. The number of fused-ring (bicyclic) bond motifs is 4. The van der Waals surface area contributed by atoms with Crippen molar-refractivity contribution in [1.82, 2.24) is 24.9 Å². The molecule has 1 unspecified atom stereocenters. The molecular weight excluding hydrogens is 540 g/mol. The molecule has 10 nitrogen and oxygen atoms in total. The first-order valence-corrected chi connectivity index (χ1v) is 15.8. The van der Waals surface area contributed by atoms with Crippen LogP contribution < -0.4 is 15.4 Å². The second-order valence-corrected chi connectivity index (χ2v) is 13.2. The fourth-order valence-corrected chi connectivity index (χ4v) is 8.17. The highest BCUT2D eigenvalue weighted by atomic mass is 16.5. The zero-order chi connectivity index (χ0) is 29.9. The fourth-order valence-electron chi connectivity index (χ4n) is 8.17. The molecule has 7 rings (SSSR count). The molecule has 4 heterocycles. The molecule has 4 aliphatic rings. The molecule has 0 saturated carbocycles. The van der Waals surface area contributed by atoms with Gasteiger partial charge in [0.1, 0.15) is 18.0 Å². The summed E-state index contributed by atoms with van der Waals surface area (Å²) >= 11 is 0. The summed E-state index contributed by atoms with van der Waals surface area (Å²) in [5.74, 6) is 2.83. The van der Waals surface area contributed by atoms with Crippen LogP contribution in [0, 0.1) is 11.3 Å². The summed E-state index contributed by atoms with van der Waals surface area (Å²) in [6.45, 7) is 5.06. The summed E-state index contributed by atoms with van der Waals surface area (Å²) in [5.41, 5.74) is 10.9. The molecule has 2 aliphatic carbocycles. The molecule has 1 spiro atoms. The highest BCUT2D eigenvalue weighted by Gasteiger charge is 2.49. The second kappa shape index (κ2) is 10.8. The number of nitriles is 1. The van der Waals surface area contributed by atoms with E-state index in [1.165, 1.54) is 12.0 Å². The Kier molecular flexibility index (Phi) is 7.06. The third-order valence-corrected chi connectivity index (χ3v) is 10.5. The van der Waals surface area contributed by atoms with Crippen LogP contribution in [0.15, 0.2) is 22.7 Å². The quantitative estimate of drug-likeness (QED) is 0.424. The van der Waals surface area contributed by atoms with Crippen molar-refractivity contribution in [2.75, 3.05) is 51.4 Å². The van der Waals surface area contributed by atoms with Crippen LogP contribution in [0.3, 0.4) is 0 Å². The number of hydrogen-bond acceptors (Lipinski definition) is 10. The number of anilines is 2. The highest BCUT2D eigenvalue weighted by molar-refractivity contribution is 5.68. The van der Waals surface area contributed by atoms with Gasteiger partial charge in [0.15, 0.2) is 17.3 Å². The third kappa shape index (κ3) is 4.64.